The number of ether oxygens (including phenoxy) is 1. The molecule has 1 aliphatic rings. The normalized spacial score (nSPS) is 19.4. The molecule has 2 rings (SSSR count). The van der Waals surface area contributed by atoms with Crippen molar-refractivity contribution < 1.29 is 9.53 Å². The summed E-state index contributed by atoms with van der Waals surface area (Å²) in [4.78, 5) is 15.8. The van der Waals surface area contributed by atoms with Crippen molar-refractivity contribution in [3.05, 3.63) is 22.4 Å². The summed E-state index contributed by atoms with van der Waals surface area (Å²) in [5.74, 6) is 0.535. The zero-order valence-corrected chi connectivity index (χ0v) is 14.0. The molecule has 0 radical (unpaired) electrons. The standard InChI is InChI=1S/C16H26N2O2S/c1-12(2)11-15(19)17-13(3)16(14-5-4-10-21-14)18-6-8-20-9-7-18/h4-5,10,12-13,16H,6-9,11H2,1-3H3,(H,17,19)/t13-,16-/m0/s1. The molecule has 2 atom stereocenters. The topological polar surface area (TPSA) is 41.6 Å². The SMILES string of the molecule is CC(C)CC(=O)N[C@@H](C)[C@@H](c1cccs1)N1CCOCC1. The van der Waals surface area contributed by atoms with Gasteiger partial charge in [-0.3, -0.25) is 9.69 Å². The van der Waals surface area contributed by atoms with Crippen molar-refractivity contribution in [2.24, 2.45) is 5.92 Å². The molecule has 1 amide bonds. The predicted molar refractivity (Wildman–Crippen MR) is 86.5 cm³/mol. The Hall–Kier alpha value is -0.910. The van der Waals surface area contributed by atoms with Gasteiger partial charge in [0, 0.05) is 30.4 Å². The van der Waals surface area contributed by atoms with Crippen LogP contribution in [0.4, 0.5) is 0 Å². The van der Waals surface area contributed by atoms with Crippen LogP contribution in [0.25, 0.3) is 0 Å². The Balaban J connectivity index is 2.05. The zero-order valence-electron chi connectivity index (χ0n) is 13.2. The van der Waals surface area contributed by atoms with Gasteiger partial charge in [0.15, 0.2) is 0 Å². The van der Waals surface area contributed by atoms with E-state index < -0.39 is 0 Å². The van der Waals surface area contributed by atoms with Crippen LogP contribution in [0.15, 0.2) is 17.5 Å². The Morgan fingerprint density at radius 1 is 1.38 bits per heavy atom. The highest BCUT2D eigenvalue weighted by Gasteiger charge is 2.29. The Labute approximate surface area is 131 Å². The quantitative estimate of drug-likeness (QED) is 0.878. The monoisotopic (exact) mass is 310 g/mol. The van der Waals surface area contributed by atoms with E-state index in [0.717, 1.165) is 26.3 Å². The van der Waals surface area contributed by atoms with Crippen molar-refractivity contribution in [2.75, 3.05) is 26.3 Å². The van der Waals surface area contributed by atoms with E-state index in [1.165, 1.54) is 4.88 Å². The summed E-state index contributed by atoms with van der Waals surface area (Å²) < 4.78 is 5.46. The van der Waals surface area contributed by atoms with Crippen molar-refractivity contribution in [2.45, 2.75) is 39.3 Å². The lowest BCUT2D eigenvalue weighted by Gasteiger charge is -2.37. The first-order chi connectivity index (χ1) is 10.1. The molecule has 1 N–H and O–H groups in total. The molecule has 0 bridgehead atoms. The van der Waals surface area contributed by atoms with Gasteiger partial charge in [-0.2, -0.15) is 0 Å². The van der Waals surface area contributed by atoms with Crippen LogP contribution < -0.4 is 5.32 Å². The van der Waals surface area contributed by atoms with Crippen LogP contribution in [0.3, 0.4) is 0 Å². The third-order valence-corrected chi connectivity index (χ3v) is 4.67. The van der Waals surface area contributed by atoms with Crippen molar-refractivity contribution in [3.8, 4) is 0 Å². The highest BCUT2D eigenvalue weighted by molar-refractivity contribution is 7.10. The zero-order chi connectivity index (χ0) is 15.2. The van der Waals surface area contributed by atoms with Crippen molar-refractivity contribution in [1.29, 1.82) is 0 Å². The fourth-order valence-electron chi connectivity index (χ4n) is 2.82. The largest absolute Gasteiger partial charge is 0.379 e. The van der Waals surface area contributed by atoms with Gasteiger partial charge in [-0.05, 0) is 24.3 Å². The summed E-state index contributed by atoms with van der Waals surface area (Å²) in [6.07, 6.45) is 0.588. The Morgan fingerprint density at radius 2 is 2.10 bits per heavy atom. The molecule has 1 aromatic rings. The molecule has 0 saturated carbocycles. The number of rotatable bonds is 6. The third-order valence-electron chi connectivity index (χ3n) is 3.73. The molecule has 2 heterocycles. The van der Waals surface area contributed by atoms with Crippen LogP contribution in [0.5, 0.6) is 0 Å². The lowest BCUT2D eigenvalue weighted by Crippen LogP contribution is -2.48. The molecule has 0 aliphatic carbocycles. The molecule has 118 valence electrons. The number of hydrogen-bond donors (Lipinski definition) is 1. The van der Waals surface area contributed by atoms with E-state index in [-0.39, 0.29) is 18.0 Å². The Kier molecular flexibility index (Phi) is 6.21. The van der Waals surface area contributed by atoms with E-state index in [0.29, 0.717) is 12.3 Å². The van der Waals surface area contributed by atoms with Gasteiger partial charge >= 0.3 is 0 Å². The number of nitrogens with zero attached hydrogens (tertiary/aromatic N) is 1. The molecule has 5 heteroatoms. The lowest BCUT2D eigenvalue weighted by molar-refractivity contribution is -0.123. The number of hydrogen-bond acceptors (Lipinski definition) is 4. The van der Waals surface area contributed by atoms with E-state index in [4.69, 9.17) is 4.74 Å². The maximum absolute atomic E-state index is 12.1. The van der Waals surface area contributed by atoms with Gasteiger partial charge in [-0.25, -0.2) is 0 Å². The molecule has 1 aliphatic heterocycles. The minimum atomic E-state index is 0.105. The fraction of sp³-hybridized carbons (Fsp3) is 0.688. The number of amides is 1. The van der Waals surface area contributed by atoms with Crippen LogP contribution in [-0.2, 0) is 9.53 Å². The summed E-state index contributed by atoms with van der Waals surface area (Å²) in [6.45, 7) is 9.65. The number of nitrogens with one attached hydrogen (secondary N) is 1. The van der Waals surface area contributed by atoms with Gasteiger partial charge < -0.3 is 10.1 Å². The molecular weight excluding hydrogens is 284 g/mol. The van der Waals surface area contributed by atoms with Gasteiger partial charge in [0.05, 0.1) is 19.3 Å². The highest BCUT2D eigenvalue weighted by atomic mass is 32.1. The second kappa shape index (κ2) is 7.92. The van der Waals surface area contributed by atoms with E-state index in [2.05, 4.69) is 48.5 Å². The number of thiophene rings is 1. The molecule has 1 saturated heterocycles. The average Bonchev–Trinajstić information content (AvgIpc) is 2.92. The van der Waals surface area contributed by atoms with Gasteiger partial charge in [0.2, 0.25) is 5.91 Å². The summed E-state index contributed by atoms with van der Waals surface area (Å²) >= 11 is 1.76. The van der Waals surface area contributed by atoms with Crippen molar-refractivity contribution in [3.63, 3.8) is 0 Å². The maximum atomic E-state index is 12.1. The van der Waals surface area contributed by atoms with Crippen molar-refractivity contribution >= 4 is 17.2 Å². The first-order valence-electron chi connectivity index (χ1n) is 7.72. The highest BCUT2D eigenvalue weighted by Crippen LogP contribution is 2.29. The maximum Gasteiger partial charge on any atom is 0.220 e. The Bertz CT molecular complexity index is 427. The number of carbonyl (C=O) groups excluding carboxylic acids is 1. The van der Waals surface area contributed by atoms with E-state index in [1.54, 1.807) is 11.3 Å². The fourth-order valence-corrected chi connectivity index (χ4v) is 3.78. The Morgan fingerprint density at radius 3 is 2.67 bits per heavy atom. The molecule has 0 unspecified atom stereocenters. The lowest BCUT2D eigenvalue weighted by atomic mass is 10.0. The van der Waals surface area contributed by atoms with Crippen LogP contribution in [-0.4, -0.2) is 43.2 Å². The molecular formula is C16H26N2O2S. The van der Waals surface area contributed by atoms with E-state index in [1.807, 2.05) is 0 Å². The molecule has 1 aromatic heterocycles. The van der Waals surface area contributed by atoms with Crippen LogP contribution >= 0.6 is 11.3 Å². The first kappa shape index (κ1) is 16.5. The van der Waals surface area contributed by atoms with Gasteiger partial charge in [-0.1, -0.05) is 19.9 Å². The molecule has 21 heavy (non-hydrogen) atoms. The summed E-state index contributed by atoms with van der Waals surface area (Å²) in [7, 11) is 0. The number of carbonyl (C=O) groups is 1. The minimum Gasteiger partial charge on any atom is -0.379 e. The van der Waals surface area contributed by atoms with E-state index >= 15 is 0 Å². The van der Waals surface area contributed by atoms with Crippen LogP contribution in [0.2, 0.25) is 0 Å². The van der Waals surface area contributed by atoms with Crippen molar-refractivity contribution in [1.82, 2.24) is 10.2 Å². The first-order valence-corrected chi connectivity index (χ1v) is 8.60. The summed E-state index contributed by atoms with van der Waals surface area (Å²) in [5.41, 5.74) is 0. The smallest absolute Gasteiger partial charge is 0.220 e. The summed E-state index contributed by atoms with van der Waals surface area (Å²) in [6, 6.07) is 4.59. The number of morpholine rings is 1. The average molecular weight is 310 g/mol. The van der Waals surface area contributed by atoms with Gasteiger partial charge in [0.25, 0.3) is 0 Å². The molecule has 0 aromatic carbocycles. The molecule has 1 fully saturated rings. The second-order valence-corrected chi connectivity index (χ2v) is 7.04. The molecule has 4 nitrogen and oxygen atoms in total. The minimum absolute atomic E-state index is 0.105. The molecule has 0 spiro atoms. The summed E-state index contributed by atoms with van der Waals surface area (Å²) in [5, 5.41) is 5.28. The van der Waals surface area contributed by atoms with E-state index in [9.17, 15) is 4.79 Å². The van der Waals surface area contributed by atoms with Crippen LogP contribution in [0, 0.1) is 5.92 Å². The van der Waals surface area contributed by atoms with Gasteiger partial charge in [0.1, 0.15) is 0 Å². The predicted octanol–water partition coefficient (Wildman–Crippen LogP) is 2.67. The third kappa shape index (κ3) is 4.80. The van der Waals surface area contributed by atoms with Crippen LogP contribution in [0.1, 0.15) is 38.1 Å². The van der Waals surface area contributed by atoms with Gasteiger partial charge in [-0.15, -0.1) is 11.3 Å². The second-order valence-electron chi connectivity index (χ2n) is 6.06.